The van der Waals surface area contributed by atoms with Gasteiger partial charge >= 0.3 is 10.2 Å². The van der Waals surface area contributed by atoms with Gasteiger partial charge in [0.15, 0.2) is 5.82 Å². The van der Waals surface area contributed by atoms with Gasteiger partial charge in [-0.3, -0.25) is 9.52 Å². The third-order valence-electron chi connectivity index (χ3n) is 6.38. The molecule has 2 aromatic carbocycles. The monoisotopic (exact) mass is 550 g/mol. The summed E-state index contributed by atoms with van der Waals surface area (Å²) in [5, 5.41) is 0.115. The Hall–Kier alpha value is -3.84. The van der Waals surface area contributed by atoms with Crippen LogP contribution >= 0.6 is 0 Å². The number of ketones is 1. The minimum absolute atomic E-state index is 0.0188. The molecule has 1 fully saturated rings. The van der Waals surface area contributed by atoms with Crippen molar-refractivity contribution >= 4 is 32.7 Å². The molecular weight excluding hydrogens is 531 g/mol. The Morgan fingerprint density at radius 3 is 2.45 bits per heavy atom. The number of carbonyl (C=O) groups is 1. The summed E-state index contributed by atoms with van der Waals surface area (Å²) in [6, 6.07) is 5.12. The lowest BCUT2D eigenvalue weighted by molar-refractivity contribution is 0.103. The molecule has 2 N–H and O–H groups in total. The molecule has 2 aromatic heterocycles. The van der Waals surface area contributed by atoms with E-state index in [0.717, 1.165) is 28.6 Å². The zero-order valence-electron chi connectivity index (χ0n) is 19.7. The minimum Gasteiger partial charge on any atom is -0.345 e. The van der Waals surface area contributed by atoms with E-state index in [1.54, 1.807) is 0 Å². The van der Waals surface area contributed by atoms with Crippen molar-refractivity contribution in [3.63, 3.8) is 0 Å². The van der Waals surface area contributed by atoms with E-state index in [2.05, 4.69) is 9.97 Å². The maximum atomic E-state index is 15.4. The fourth-order valence-corrected chi connectivity index (χ4v) is 5.51. The van der Waals surface area contributed by atoms with E-state index in [1.165, 1.54) is 25.4 Å². The molecule has 1 aliphatic rings. The van der Waals surface area contributed by atoms with E-state index in [1.807, 2.05) is 4.72 Å². The topological polar surface area (TPSA) is 95.2 Å². The van der Waals surface area contributed by atoms with Crippen LogP contribution in [-0.2, 0) is 10.2 Å². The number of fused-ring (bicyclic) bond motifs is 1. The van der Waals surface area contributed by atoms with Crippen molar-refractivity contribution in [3.05, 3.63) is 82.7 Å². The molecule has 5 rings (SSSR count). The summed E-state index contributed by atoms with van der Waals surface area (Å²) in [4.78, 5) is 20.1. The summed E-state index contributed by atoms with van der Waals surface area (Å²) < 4.78 is 99.6. The maximum Gasteiger partial charge on any atom is 0.301 e. The molecule has 7 nitrogen and oxygen atoms in total. The summed E-state index contributed by atoms with van der Waals surface area (Å²) in [7, 11) is -4.37. The van der Waals surface area contributed by atoms with Crippen LogP contribution in [-0.4, -0.2) is 47.7 Å². The zero-order chi connectivity index (χ0) is 27.4. The number of nitrogens with one attached hydrogen (secondary N) is 2. The standard InChI is InChI=1S/C25H19F5N4O3S/c1-12-19(28)7-13(8-20(12)29)14-6-16-17(10-32-25(16)31-9-14)24(35)22-18(27)2-3-21(23(22)30)33-38(36,37)34-5-4-15(26)11-34/h2-3,6-10,15,33H,4-5,11H2,1H3,(H,31,32)/t15-/m1/s1. The van der Waals surface area contributed by atoms with Gasteiger partial charge in [-0.2, -0.15) is 12.7 Å². The van der Waals surface area contributed by atoms with E-state index in [-0.39, 0.29) is 46.3 Å². The highest BCUT2D eigenvalue weighted by molar-refractivity contribution is 7.90. The molecule has 0 spiro atoms. The van der Waals surface area contributed by atoms with E-state index in [0.29, 0.717) is 0 Å². The Morgan fingerprint density at radius 1 is 1.08 bits per heavy atom. The lowest BCUT2D eigenvalue weighted by Crippen LogP contribution is -2.34. The van der Waals surface area contributed by atoms with E-state index in [9.17, 15) is 30.8 Å². The molecule has 0 radical (unpaired) electrons. The van der Waals surface area contributed by atoms with Crippen LogP contribution in [0, 0.1) is 30.2 Å². The number of halogens is 5. The molecule has 0 saturated carbocycles. The number of nitrogens with zero attached hydrogens (tertiary/aromatic N) is 2. The summed E-state index contributed by atoms with van der Waals surface area (Å²) >= 11 is 0. The number of H-pyrrole nitrogens is 1. The second kappa shape index (κ2) is 9.48. The molecule has 0 amide bonds. The van der Waals surface area contributed by atoms with Gasteiger partial charge in [-0.15, -0.1) is 0 Å². The molecule has 3 heterocycles. The van der Waals surface area contributed by atoms with Crippen molar-refractivity contribution in [1.82, 2.24) is 14.3 Å². The number of alkyl halides is 1. The zero-order valence-corrected chi connectivity index (χ0v) is 20.5. The van der Waals surface area contributed by atoms with Gasteiger partial charge in [-0.1, -0.05) is 0 Å². The normalized spacial score (nSPS) is 16.3. The van der Waals surface area contributed by atoms with Crippen molar-refractivity contribution in [2.45, 2.75) is 19.5 Å². The van der Waals surface area contributed by atoms with Crippen molar-refractivity contribution in [2.75, 3.05) is 17.8 Å². The first-order valence-electron chi connectivity index (χ1n) is 11.3. The van der Waals surface area contributed by atoms with Gasteiger partial charge in [0.2, 0.25) is 5.78 Å². The first-order valence-corrected chi connectivity index (χ1v) is 12.8. The van der Waals surface area contributed by atoms with Gasteiger partial charge in [0, 0.05) is 47.6 Å². The van der Waals surface area contributed by atoms with Crippen LogP contribution in [0.15, 0.2) is 42.7 Å². The summed E-state index contributed by atoms with van der Waals surface area (Å²) in [6.07, 6.45) is 1.10. The van der Waals surface area contributed by atoms with Crippen LogP contribution in [0.4, 0.5) is 27.6 Å². The van der Waals surface area contributed by atoms with Crippen molar-refractivity contribution in [3.8, 4) is 11.1 Å². The van der Waals surface area contributed by atoms with Gasteiger partial charge in [-0.25, -0.2) is 26.9 Å². The van der Waals surface area contributed by atoms with Crippen LogP contribution in [0.3, 0.4) is 0 Å². The SMILES string of the molecule is Cc1c(F)cc(-c2cnc3[nH]cc(C(=O)c4c(F)ccc(NS(=O)(=O)N5CC[C@@H](F)C5)c4F)c3c2)cc1F. The molecular formula is C25H19F5N4O3S. The summed E-state index contributed by atoms with van der Waals surface area (Å²) in [6.45, 7) is 0.743. The lowest BCUT2D eigenvalue weighted by Gasteiger charge is -2.18. The molecule has 1 aliphatic heterocycles. The number of aromatic nitrogens is 2. The number of carbonyl (C=O) groups excluding carboxylic acids is 1. The predicted molar refractivity (Wildman–Crippen MR) is 130 cm³/mol. The Labute approximate surface area is 213 Å². The molecule has 1 atom stereocenters. The fourth-order valence-electron chi connectivity index (χ4n) is 4.24. The second-order valence-corrected chi connectivity index (χ2v) is 10.5. The van der Waals surface area contributed by atoms with Gasteiger partial charge in [0.1, 0.15) is 29.3 Å². The van der Waals surface area contributed by atoms with E-state index in [4.69, 9.17) is 0 Å². The fraction of sp³-hybridized carbons (Fsp3) is 0.200. The molecule has 198 valence electrons. The largest absolute Gasteiger partial charge is 0.345 e. The average Bonchev–Trinajstić information content (AvgIpc) is 3.50. The van der Waals surface area contributed by atoms with Crippen molar-refractivity contribution < 1.29 is 35.2 Å². The first-order chi connectivity index (χ1) is 18.0. The number of benzene rings is 2. The quantitative estimate of drug-likeness (QED) is 0.260. The third-order valence-corrected chi connectivity index (χ3v) is 7.87. The number of hydrogen-bond acceptors (Lipinski definition) is 4. The molecule has 0 unspecified atom stereocenters. The number of hydrogen-bond donors (Lipinski definition) is 2. The number of rotatable bonds is 6. The predicted octanol–water partition coefficient (Wildman–Crippen LogP) is 5.03. The second-order valence-electron chi connectivity index (χ2n) is 8.85. The first kappa shape index (κ1) is 25.8. The molecule has 4 aromatic rings. The Morgan fingerprint density at radius 2 is 1.79 bits per heavy atom. The summed E-state index contributed by atoms with van der Waals surface area (Å²) in [5.74, 6) is -5.41. The Bertz CT molecular complexity index is 1680. The highest BCUT2D eigenvalue weighted by Gasteiger charge is 2.33. The highest BCUT2D eigenvalue weighted by Crippen LogP contribution is 2.31. The maximum absolute atomic E-state index is 15.4. The third kappa shape index (κ3) is 4.52. The molecule has 1 saturated heterocycles. The van der Waals surface area contributed by atoms with Crippen LogP contribution in [0.25, 0.3) is 22.2 Å². The smallest absolute Gasteiger partial charge is 0.301 e. The molecule has 0 aliphatic carbocycles. The average molecular weight is 551 g/mol. The van der Waals surface area contributed by atoms with Gasteiger partial charge in [-0.05, 0) is 49.2 Å². The van der Waals surface area contributed by atoms with Crippen LogP contribution in [0.5, 0.6) is 0 Å². The van der Waals surface area contributed by atoms with Crippen molar-refractivity contribution in [2.24, 2.45) is 0 Å². The molecule has 0 bridgehead atoms. The number of anilines is 1. The highest BCUT2D eigenvalue weighted by atomic mass is 32.2. The van der Waals surface area contributed by atoms with Crippen molar-refractivity contribution in [1.29, 1.82) is 0 Å². The number of aromatic amines is 1. The van der Waals surface area contributed by atoms with Crippen LogP contribution in [0.1, 0.15) is 27.9 Å². The van der Waals surface area contributed by atoms with Gasteiger partial charge in [0.25, 0.3) is 0 Å². The van der Waals surface area contributed by atoms with Crippen LogP contribution in [0.2, 0.25) is 0 Å². The minimum atomic E-state index is -4.37. The molecule has 13 heteroatoms. The Kier molecular flexibility index (Phi) is 6.43. The lowest BCUT2D eigenvalue weighted by atomic mass is 9.99. The molecule has 38 heavy (non-hydrogen) atoms. The van der Waals surface area contributed by atoms with Gasteiger partial charge in [0.05, 0.1) is 11.3 Å². The van der Waals surface area contributed by atoms with E-state index >= 15 is 4.39 Å². The van der Waals surface area contributed by atoms with Gasteiger partial charge < -0.3 is 4.98 Å². The summed E-state index contributed by atoms with van der Waals surface area (Å²) in [5.41, 5.74) is -1.57. The van der Waals surface area contributed by atoms with Crippen LogP contribution < -0.4 is 4.72 Å². The van der Waals surface area contributed by atoms with E-state index < -0.39 is 63.2 Å². The Balaban J connectivity index is 1.53. The number of pyridine rings is 1.